The van der Waals surface area contributed by atoms with E-state index in [0.29, 0.717) is 0 Å². The van der Waals surface area contributed by atoms with Crippen LogP contribution >= 0.6 is 0 Å². The fourth-order valence-corrected chi connectivity index (χ4v) is 2.71. The average molecular weight is 277 g/mol. The molecule has 0 saturated carbocycles. The van der Waals surface area contributed by atoms with Gasteiger partial charge in [0.2, 0.25) is 0 Å². The number of ether oxygens (including phenoxy) is 1. The van der Waals surface area contributed by atoms with Crippen molar-refractivity contribution < 1.29 is 9.13 Å². The molecule has 1 aliphatic heterocycles. The highest BCUT2D eigenvalue weighted by atomic mass is 19.1. The van der Waals surface area contributed by atoms with Gasteiger partial charge in [-0.25, -0.2) is 4.39 Å². The lowest BCUT2D eigenvalue weighted by atomic mass is 10.2. The summed E-state index contributed by atoms with van der Waals surface area (Å²) >= 11 is 0. The van der Waals surface area contributed by atoms with Gasteiger partial charge in [-0.3, -0.25) is 9.58 Å². The van der Waals surface area contributed by atoms with Crippen molar-refractivity contribution in [1.29, 1.82) is 0 Å². The van der Waals surface area contributed by atoms with Crippen LogP contribution in [-0.2, 0) is 17.7 Å². The zero-order valence-corrected chi connectivity index (χ0v) is 11.8. The normalized spacial score (nSPS) is 16.9. The molecule has 1 saturated heterocycles. The molecule has 1 aromatic heterocycles. The maximum atomic E-state index is 13.4. The van der Waals surface area contributed by atoms with Gasteiger partial charge in [-0.1, -0.05) is 6.92 Å². The van der Waals surface area contributed by atoms with Crippen molar-refractivity contribution in [2.45, 2.75) is 19.9 Å². The van der Waals surface area contributed by atoms with E-state index < -0.39 is 0 Å². The molecular weight excluding hydrogens is 257 g/mol. The van der Waals surface area contributed by atoms with Crippen LogP contribution in [0.2, 0.25) is 0 Å². The molecule has 108 valence electrons. The van der Waals surface area contributed by atoms with Crippen molar-refractivity contribution in [1.82, 2.24) is 14.7 Å². The van der Waals surface area contributed by atoms with Gasteiger partial charge in [0.15, 0.2) is 0 Å². The van der Waals surface area contributed by atoms with Gasteiger partial charge in [-0.05, 0) is 24.6 Å². The average Bonchev–Trinajstić information content (AvgIpc) is 2.83. The van der Waals surface area contributed by atoms with Gasteiger partial charge in [0.1, 0.15) is 5.82 Å². The lowest BCUT2D eigenvalue weighted by Gasteiger charge is -2.26. The number of rotatable bonds is 4. The summed E-state index contributed by atoms with van der Waals surface area (Å²) in [5.74, 6) is -0.195. The molecule has 4 nitrogen and oxygen atoms in total. The van der Waals surface area contributed by atoms with Gasteiger partial charge in [0.25, 0.3) is 0 Å². The van der Waals surface area contributed by atoms with Crippen LogP contribution in [0.4, 0.5) is 4.39 Å². The minimum atomic E-state index is -0.195. The molecular formula is C15H20FN3O. The molecule has 2 aromatic rings. The Hall–Kier alpha value is -1.46. The maximum absolute atomic E-state index is 13.4. The molecule has 0 unspecified atom stereocenters. The Morgan fingerprint density at radius 2 is 2.05 bits per heavy atom. The van der Waals surface area contributed by atoms with Crippen molar-refractivity contribution in [3.8, 4) is 0 Å². The SMILES string of the molecule is CCc1nn(CCN2CCOCC2)c2ccc(F)cc12. The summed E-state index contributed by atoms with van der Waals surface area (Å²) in [7, 11) is 0. The highest BCUT2D eigenvalue weighted by Crippen LogP contribution is 2.20. The van der Waals surface area contributed by atoms with Gasteiger partial charge in [-0.15, -0.1) is 0 Å². The smallest absolute Gasteiger partial charge is 0.124 e. The fourth-order valence-electron chi connectivity index (χ4n) is 2.71. The van der Waals surface area contributed by atoms with Crippen LogP contribution < -0.4 is 0 Å². The van der Waals surface area contributed by atoms with Crippen molar-refractivity contribution in [3.63, 3.8) is 0 Å². The minimum Gasteiger partial charge on any atom is -0.379 e. The van der Waals surface area contributed by atoms with Gasteiger partial charge in [-0.2, -0.15) is 5.10 Å². The van der Waals surface area contributed by atoms with Crippen molar-refractivity contribution in [2.24, 2.45) is 0 Å². The predicted molar refractivity (Wildman–Crippen MR) is 76.3 cm³/mol. The van der Waals surface area contributed by atoms with Crippen LogP contribution in [0.1, 0.15) is 12.6 Å². The van der Waals surface area contributed by atoms with Crippen molar-refractivity contribution >= 4 is 10.9 Å². The Labute approximate surface area is 118 Å². The van der Waals surface area contributed by atoms with E-state index in [1.807, 2.05) is 10.7 Å². The Kier molecular flexibility index (Phi) is 3.98. The van der Waals surface area contributed by atoms with Crippen LogP contribution in [0, 0.1) is 5.82 Å². The minimum absolute atomic E-state index is 0.195. The summed E-state index contributed by atoms with van der Waals surface area (Å²) in [5.41, 5.74) is 2.00. The van der Waals surface area contributed by atoms with E-state index in [0.717, 1.165) is 62.4 Å². The molecule has 0 atom stereocenters. The zero-order valence-electron chi connectivity index (χ0n) is 11.8. The molecule has 20 heavy (non-hydrogen) atoms. The van der Waals surface area contributed by atoms with Gasteiger partial charge in [0.05, 0.1) is 31.0 Å². The summed E-state index contributed by atoms with van der Waals surface area (Å²) in [4.78, 5) is 2.38. The van der Waals surface area contributed by atoms with E-state index in [4.69, 9.17) is 4.74 Å². The number of benzene rings is 1. The first-order chi connectivity index (χ1) is 9.78. The Bertz CT molecular complexity index is 590. The van der Waals surface area contributed by atoms with Crippen LogP contribution in [0.15, 0.2) is 18.2 Å². The van der Waals surface area contributed by atoms with E-state index >= 15 is 0 Å². The fraction of sp³-hybridized carbons (Fsp3) is 0.533. The monoisotopic (exact) mass is 277 g/mol. The lowest BCUT2D eigenvalue weighted by molar-refractivity contribution is 0.0361. The predicted octanol–water partition coefficient (Wildman–Crippen LogP) is 2.07. The molecule has 0 aliphatic carbocycles. The molecule has 0 radical (unpaired) electrons. The second-order valence-electron chi connectivity index (χ2n) is 5.14. The molecule has 1 aromatic carbocycles. The molecule has 1 aliphatic rings. The second kappa shape index (κ2) is 5.89. The Morgan fingerprint density at radius 1 is 1.25 bits per heavy atom. The third-order valence-corrected chi connectivity index (χ3v) is 3.86. The molecule has 2 heterocycles. The molecule has 1 fully saturated rings. The standard InChI is InChI=1S/C15H20FN3O/c1-2-14-13-11-12(16)3-4-15(13)19(17-14)6-5-18-7-9-20-10-8-18/h3-4,11H,2,5-10H2,1H3. The van der Waals surface area contributed by atoms with E-state index in [1.54, 1.807) is 6.07 Å². The summed E-state index contributed by atoms with van der Waals surface area (Å²) in [6.07, 6.45) is 0.824. The lowest BCUT2D eigenvalue weighted by Crippen LogP contribution is -2.38. The summed E-state index contributed by atoms with van der Waals surface area (Å²) in [6.45, 7) is 7.43. The number of fused-ring (bicyclic) bond motifs is 1. The molecule has 0 bridgehead atoms. The number of nitrogens with zero attached hydrogens (tertiary/aromatic N) is 3. The third-order valence-electron chi connectivity index (χ3n) is 3.86. The van der Waals surface area contributed by atoms with Crippen molar-refractivity contribution in [2.75, 3.05) is 32.8 Å². The van der Waals surface area contributed by atoms with Gasteiger partial charge in [0, 0.05) is 25.0 Å². The summed E-state index contributed by atoms with van der Waals surface area (Å²) in [6, 6.07) is 4.93. The molecule has 0 amide bonds. The highest BCUT2D eigenvalue weighted by molar-refractivity contribution is 5.82. The molecule has 3 rings (SSSR count). The van der Waals surface area contributed by atoms with E-state index in [2.05, 4.69) is 16.9 Å². The molecule has 5 heteroatoms. The number of morpholine rings is 1. The van der Waals surface area contributed by atoms with Crippen LogP contribution in [0.3, 0.4) is 0 Å². The van der Waals surface area contributed by atoms with E-state index in [9.17, 15) is 4.39 Å². The number of hydrogen-bond acceptors (Lipinski definition) is 3. The first kappa shape index (κ1) is 13.5. The number of aromatic nitrogens is 2. The van der Waals surface area contributed by atoms with Crippen LogP contribution in [-0.4, -0.2) is 47.5 Å². The number of aryl methyl sites for hydroxylation is 1. The number of hydrogen-bond donors (Lipinski definition) is 0. The zero-order chi connectivity index (χ0) is 13.9. The van der Waals surface area contributed by atoms with Crippen LogP contribution in [0.25, 0.3) is 10.9 Å². The summed E-state index contributed by atoms with van der Waals surface area (Å²) < 4.78 is 20.7. The van der Waals surface area contributed by atoms with Crippen LogP contribution in [0.5, 0.6) is 0 Å². The molecule has 0 spiro atoms. The van der Waals surface area contributed by atoms with Gasteiger partial charge >= 0.3 is 0 Å². The highest BCUT2D eigenvalue weighted by Gasteiger charge is 2.13. The molecule has 0 N–H and O–H groups in total. The Balaban J connectivity index is 1.80. The topological polar surface area (TPSA) is 30.3 Å². The second-order valence-corrected chi connectivity index (χ2v) is 5.14. The summed E-state index contributed by atoms with van der Waals surface area (Å²) in [5, 5.41) is 5.56. The number of halogens is 1. The largest absolute Gasteiger partial charge is 0.379 e. The quantitative estimate of drug-likeness (QED) is 0.857. The first-order valence-electron chi connectivity index (χ1n) is 7.23. The third kappa shape index (κ3) is 2.69. The maximum Gasteiger partial charge on any atom is 0.124 e. The van der Waals surface area contributed by atoms with E-state index in [-0.39, 0.29) is 5.82 Å². The first-order valence-corrected chi connectivity index (χ1v) is 7.23. The van der Waals surface area contributed by atoms with Gasteiger partial charge < -0.3 is 4.74 Å². The van der Waals surface area contributed by atoms with Crippen molar-refractivity contribution in [3.05, 3.63) is 29.7 Å². The van der Waals surface area contributed by atoms with E-state index in [1.165, 1.54) is 6.07 Å². The Morgan fingerprint density at radius 3 is 2.80 bits per heavy atom.